The number of nitrogens with one attached hydrogen (secondary N) is 1. The van der Waals surface area contributed by atoms with Gasteiger partial charge in [0.15, 0.2) is 5.69 Å². The van der Waals surface area contributed by atoms with Crippen molar-refractivity contribution in [3.8, 4) is 17.2 Å². The van der Waals surface area contributed by atoms with Crippen LogP contribution in [0.3, 0.4) is 0 Å². The van der Waals surface area contributed by atoms with E-state index in [9.17, 15) is 9.59 Å². The first-order valence-corrected chi connectivity index (χ1v) is 8.92. The molecular formula is C21H21N3O5. The van der Waals surface area contributed by atoms with Gasteiger partial charge in [-0.2, -0.15) is 5.10 Å². The number of hydrogen-bond acceptors (Lipinski definition) is 6. The van der Waals surface area contributed by atoms with E-state index in [1.165, 1.54) is 18.9 Å². The van der Waals surface area contributed by atoms with Crippen LogP contribution in [0.2, 0.25) is 0 Å². The molecule has 0 unspecified atom stereocenters. The maximum Gasteiger partial charge on any atom is 0.358 e. The van der Waals surface area contributed by atoms with Crippen LogP contribution in [0, 0.1) is 0 Å². The third-order valence-corrected chi connectivity index (χ3v) is 4.09. The van der Waals surface area contributed by atoms with E-state index in [0.29, 0.717) is 28.4 Å². The summed E-state index contributed by atoms with van der Waals surface area (Å²) in [5.41, 5.74) is 1.80. The minimum absolute atomic E-state index is 0.211. The lowest BCUT2D eigenvalue weighted by Crippen LogP contribution is -2.13. The monoisotopic (exact) mass is 395 g/mol. The molecule has 1 aromatic heterocycles. The predicted octanol–water partition coefficient (Wildman–Crippen LogP) is 3.32. The van der Waals surface area contributed by atoms with Crippen molar-refractivity contribution >= 4 is 17.6 Å². The molecule has 0 spiro atoms. The Morgan fingerprint density at radius 1 is 1.07 bits per heavy atom. The summed E-state index contributed by atoms with van der Waals surface area (Å²) in [7, 11) is 3.03. The molecule has 0 aliphatic carbocycles. The Morgan fingerprint density at radius 2 is 1.90 bits per heavy atom. The third-order valence-electron chi connectivity index (χ3n) is 4.09. The Morgan fingerprint density at radius 3 is 2.62 bits per heavy atom. The third kappa shape index (κ3) is 4.55. The van der Waals surface area contributed by atoms with Crippen LogP contribution in [0.4, 0.5) is 5.69 Å². The first-order chi connectivity index (χ1) is 14.0. The fourth-order valence-electron chi connectivity index (χ4n) is 2.70. The van der Waals surface area contributed by atoms with Crippen LogP contribution in [-0.2, 0) is 4.74 Å². The van der Waals surface area contributed by atoms with E-state index < -0.39 is 5.97 Å². The highest BCUT2D eigenvalue weighted by Gasteiger charge is 2.15. The summed E-state index contributed by atoms with van der Waals surface area (Å²) in [5.74, 6) is 0.157. The first kappa shape index (κ1) is 19.9. The van der Waals surface area contributed by atoms with Gasteiger partial charge in [0.05, 0.1) is 32.1 Å². The lowest BCUT2D eigenvalue weighted by molar-refractivity contribution is 0.0519. The van der Waals surface area contributed by atoms with Gasteiger partial charge in [-0.25, -0.2) is 9.48 Å². The number of anilines is 1. The zero-order chi connectivity index (χ0) is 20.8. The molecule has 2 aromatic carbocycles. The number of hydrogen-bond donors (Lipinski definition) is 1. The number of amides is 1. The Kier molecular flexibility index (Phi) is 6.13. The van der Waals surface area contributed by atoms with Crippen molar-refractivity contribution in [1.82, 2.24) is 9.78 Å². The second kappa shape index (κ2) is 8.92. The van der Waals surface area contributed by atoms with Crippen molar-refractivity contribution in [3.05, 3.63) is 66.0 Å². The molecule has 8 nitrogen and oxygen atoms in total. The van der Waals surface area contributed by atoms with Crippen LogP contribution in [0.1, 0.15) is 27.8 Å². The minimum atomic E-state index is -0.485. The van der Waals surface area contributed by atoms with Crippen LogP contribution < -0.4 is 14.8 Å². The first-order valence-electron chi connectivity index (χ1n) is 8.92. The molecule has 1 N–H and O–H groups in total. The van der Waals surface area contributed by atoms with Crippen molar-refractivity contribution in [1.29, 1.82) is 0 Å². The number of aromatic nitrogens is 2. The van der Waals surface area contributed by atoms with E-state index in [4.69, 9.17) is 14.2 Å². The summed E-state index contributed by atoms with van der Waals surface area (Å²) >= 11 is 0. The second-order valence-corrected chi connectivity index (χ2v) is 5.94. The molecule has 0 fully saturated rings. The van der Waals surface area contributed by atoms with Gasteiger partial charge in [-0.15, -0.1) is 0 Å². The molecule has 0 radical (unpaired) electrons. The van der Waals surface area contributed by atoms with Crippen LogP contribution in [0.15, 0.2) is 54.7 Å². The normalized spacial score (nSPS) is 10.3. The van der Waals surface area contributed by atoms with Gasteiger partial charge < -0.3 is 19.5 Å². The highest BCUT2D eigenvalue weighted by Crippen LogP contribution is 2.25. The van der Waals surface area contributed by atoms with Crippen molar-refractivity contribution in [3.63, 3.8) is 0 Å². The minimum Gasteiger partial charge on any atom is -0.497 e. The van der Waals surface area contributed by atoms with Gasteiger partial charge in [0.2, 0.25) is 0 Å². The van der Waals surface area contributed by atoms with E-state index in [2.05, 4.69) is 10.4 Å². The lowest BCUT2D eigenvalue weighted by Gasteiger charge is -2.11. The van der Waals surface area contributed by atoms with Gasteiger partial charge in [-0.3, -0.25) is 4.79 Å². The van der Waals surface area contributed by atoms with Crippen LogP contribution >= 0.6 is 0 Å². The molecule has 3 aromatic rings. The summed E-state index contributed by atoms with van der Waals surface area (Å²) in [5, 5.41) is 7.06. The fourth-order valence-corrected chi connectivity index (χ4v) is 2.70. The number of carbonyl (C=O) groups is 2. The molecule has 0 atom stereocenters. The van der Waals surface area contributed by atoms with Crippen molar-refractivity contribution in [2.45, 2.75) is 6.92 Å². The summed E-state index contributed by atoms with van der Waals surface area (Å²) in [6.07, 6.45) is 1.65. The highest BCUT2D eigenvalue weighted by atomic mass is 16.5. The molecule has 1 heterocycles. The standard InChI is InChI=1S/C21H21N3O5/c1-4-29-21(26)18-10-11-24(23-18)15-7-5-6-14(12-15)22-20(25)17-13-16(27-2)8-9-19(17)28-3/h5-13H,4H2,1-3H3,(H,22,25). The zero-order valence-electron chi connectivity index (χ0n) is 16.3. The average Bonchev–Trinajstić information content (AvgIpc) is 3.24. The number of ether oxygens (including phenoxy) is 3. The van der Waals surface area contributed by atoms with Gasteiger partial charge >= 0.3 is 5.97 Å². The molecule has 8 heteroatoms. The molecule has 0 bridgehead atoms. The number of methoxy groups -OCH3 is 2. The van der Waals surface area contributed by atoms with E-state index >= 15 is 0 Å². The van der Waals surface area contributed by atoms with Crippen molar-refractivity contribution in [2.24, 2.45) is 0 Å². The number of nitrogens with zero attached hydrogens (tertiary/aromatic N) is 2. The molecular weight excluding hydrogens is 374 g/mol. The largest absolute Gasteiger partial charge is 0.497 e. The van der Waals surface area contributed by atoms with Gasteiger partial charge in [-0.05, 0) is 49.4 Å². The van der Waals surface area contributed by atoms with E-state index in [0.717, 1.165) is 0 Å². The predicted molar refractivity (Wildman–Crippen MR) is 107 cm³/mol. The number of rotatable bonds is 7. The molecule has 0 aliphatic rings. The summed E-state index contributed by atoms with van der Waals surface area (Å²) in [6.45, 7) is 2.01. The molecule has 0 saturated heterocycles. The average molecular weight is 395 g/mol. The van der Waals surface area contributed by atoms with E-state index in [-0.39, 0.29) is 18.2 Å². The van der Waals surface area contributed by atoms with Gasteiger partial charge in [0, 0.05) is 11.9 Å². The van der Waals surface area contributed by atoms with Crippen molar-refractivity contribution in [2.75, 3.05) is 26.1 Å². The molecule has 0 aliphatic heterocycles. The summed E-state index contributed by atoms with van der Waals surface area (Å²) in [6, 6.07) is 13.7. The van der Waals surface area contributed by atoms with Gasteiger partial charge in [0.25, 0.3) is 5.91 Å². The lowest BCUT2D eigenvalue weighted by atomic mass is 10.1. The van der Waals surface area contributed by atoms with Gasteiger partial charge in [0.1, 0.15) is 11.5 Å². The maximum atomic E-state index is 12.7. The number of esters is 1. The SMILES string of the molecule is CCOC(=O)c1ccn(-c2cccc(NC(=O)c3cc(OC)ccc3OC)c2)n1. The Balaban J connectivity index is 1.82. The number of benzene rings is 2. The topological polar surface area (TPSA) is 91.7 Å². The maximum absolute atomic E-state index is 12.7. The zero-order valence-corrected chi connectivity index (χ0v) is 16.3. The Hall–Kier alpha value is -3.81. The van der Waals surface area contributed by atoms with Gasteiger partial charge in [-0.1, -0.05) is 6.07 Å². The Bertz CT molecular complexity index is 1030. The molecule has 29 heavy (non-hydrogen) atoms. The van der Waals surface area contributed by atoms with Crippen LogP contribution in [0.25, 0.3) is 5.69 Å². The molecule has 1 amide bonds. The summed E-state index contributed by atoms with van der Waals surface area (Å²) < 4.78 is 16.9. The Labute approximate surface area is 168 Å². The quantitative estimate of drug-likeness (QED) is 0.617. The van der Waals surface area contributed by atoms with E-state index in [1.54, 1.807) is 55.6 Å². The van der Waals surface area contributed by atoms with Crippen molar-refractivity contribution < 1.29 is 23.8 Å². The highest BCUT2D eigenvalue weighted by molar-refractivity contribution is 6.06. The molecule has 150 valence electrons. The molecule has 3 rings (SSSR count). The van der Waals surface area contributed by atoms with Crippen LogP contribution in [-0.4, -0.2) is 42.5 Å². The summed E-state index contributed by atoms with van der Waals surface area (Å²) in [4.78, 5) is 24.5. The smallest absolute Gasteiger partial charge is 0.358 e. The second-order valence-electron chi connectivity index (χ2n) is 5.94. The fraction of sp³-hybridized carbons (Fsp3) is 0.190. The number of carbonyl (C=O) groups excluding carboxylic acids is 2. The van der Waals surface area contributed by atoms with E-state index in [1.807, 2.05) is 6.07 Å². The molecule has 0 saturated carbocycles. The van der Waals surface area contributed by atoms with Crippen LogP contribution in [0.5, 0.6) is 11.5 Å².